The quantitative estimate of drug-likeness (QED) is 0.703. The van der Waals surface area contributed by atoms with Gasteiger partial charge in [-0.25, -0.2) is 0 Å². The lowest BCUT2D eigenvalue weighted by molar-refractivity contribution is 0.354. The largest absolute Gasteiger partial charge is 0.493 e. The molecule has 1 aromatic rings. The minimum atomic E-state index is 0.340. The molecule has 0 amide bonds. The molecule has 1 aromatic carbocycles. The second kappa shape index (κ2) is 9.14. The van der Waals surface area contributed by atoms with Gasteiger partial charge in [0.05, 0.1) is 14.2 Å². The van der Waals surface area contributed by atoms with Gasteiger partial charge in [0.1, 0.15) is 0 Å². The molecular weight excluding hydrogens is 270 g/mol. The number of hydrogen-bond donors (Lipinski definition) is 1. The molecule has 1 N–H and O–H groups in total. The van der Waals surface area contributed by atoms with Crippen LogP contribution in [0.25, 0.3) is 0 Å². The lowest BCUT2D eigenvalue weighted by atomic mass is 10.1. The summed E-state index contributed by atoms with van der Waals surface area (Å²) in [7, 11) is 5.34. The predicted octanol–water partition coefficient (Wildman–Crippen LogP) is 3.74. The topological polar surface area (TPSA) is 30.5 Å². The zero-order chi connectivity index (χ0) is 15.0. The molecular formula is C16H27NO2S. The van der Waals surface area contributed by atoms with Gasteiger partial charge in [-0.15, -0.1) is 0 Å². The van der Waals surface area contributed by atoms with Crippen LogP contribution in [0.1, 0.15) is 31.9 Å². The molecule has 0 spiro atoms. The van der Waals surface area contributed by atoms with Gasteiger partial charge in [-0.2, -0.15) is 11.8 Å². The Morgan fingerprint density at radius 2 is 1.85 bits per heavy atom. The monoisotopic (exact) mass is 297 g/mol. The number of nitrogens with one attached hydrogen (secondary N) is 1. The highest BCUT2D eigenvalue weighted by Gasteiger charge is 2.12. The Morgan fingerprint density at radius 1 is 1.15 bits per heavy atom. The lowest BCUT2D eigenvalue weighted by Gasteiger charge is -2.18. The fourth-order valence-electron chi connectivity index (χ4n) is 1.94. The maximum Gasteiger partial charge on any atom is 0.161 e. The molecule has 114 valence electrons. The molecule has 0 saturated carbocycles. The molecule has 0 aliphatic carbocycles. The van der Waals surface area contributed by atoms with E-state index in [1.807, 2.05) is 24.9 Å². The second-order valence-electron chi connectivity index (χ2n) is 5.21. The third-order valence-electron chi connectivity index (χ3n) is 3.28. The molecule has 1 atom stereocenters. The van der Waals surface area contributed by atoms with Crippen molar-refractivity contribution in [2.45, 2.75) is 26.3 Å². The van der Waals surface area contributed by atoms with Crippen molar-refractivity contribution in [2.24, 2.45) is 5.92 Å². The van der Waals surface area contributed by atoms with Gasteiger partial charge in [0.2, 0.25) is 0 Å². The highest BCUT2D eigenvalue weighted by atomic mass is 32.2. The molecule has 0 fully saturated rings. The van der Waals surface area contributed by atoms with E-state index < -0.39 is 0 Å². The smallest absolute Gasteiger partial charge is 0.161 e. The van der Waals surface area contributed by atoms with Crippen molar-refractivity contribution in [1.29, 1.82) is 0 Å². The van der Waals surface area contributed by atoms with E-state index in [-0.39, 0.29) is 0 Å². The van der Waals surface area contributed by atoms with Crippen LogP contribution in [0.4, 0.5) is 0 Å². The summed E-state index contributed by atoms with van der Waals surface area (Å²) in [5.41, 5.74) is 1.24. The molecule has 0 saturated heterocycles. The van der Waals surface area contributed by atoms with Crippen LogP contribution >= 0.6 is 11.8 Å². The van der Waals surface area contributed by atoms with Gasteiger partial charge in [-0.1, -0.05) is 19.9 Å². The minimum absolute atomic E-state index is 0.340. The van der Waals surface area contributed by atoms with E-state index in [0.29, 0.717) is 6.04 Å². The number of methoxy groups -OCH3 is 2. The van der Waals surface area contributed by atoms with Crippen LogP contribution in [0.5, 0.6) is 11.5 Å². The van der Waals surface area contributed by atoms with Gasteiger partial charge < -0.3 is 14.8 Å². The minimum Gasteiger partial charge on any atom is -0.493 e. The Balaban J connectivity index is 2.64. The maximum absolute atomic E-state index is 5.37. The summed E-state index contributed by atoms with van der Waals surface area (Å²) in [6.07, 6.45) is 1.27. The molecule has 0 heterocycles. The Bertz CT molecular complexity index is 396. The fourth-order valence-corrected chi connectivity index (χ4v) is 3.34. The highest BCUT2D eigenvalue weighted by molar-refractivity contribution is 7.99. The van der Waals surface area contributed by atoms with Crippen LogP contribution in [0.15, 0.2) is 18.2 Å². The summed E-state index contributed by atoms with van der Waals surface area (Å²) in [6.45, 7) is 4.54. The second-order valence-corrected chi connectivity index (χ2v) is 6.36. The zero-order valence-electron chi connectivity index (χ0n) is 13.2. The first-order valence-corrected chi connectivity index (χ1v) is 8.24. The first kappa shape index (κ1) is 17.2. The van der Waals surface area contributed by atoms with Crippen molar-refractivity contribution in [1.82, 2.24) is 5.32 Å². The Morgan fingerprint density at radius 3 is 2.40 bits per heavy atom. The lowest BCUT2D eigenvalue weighted by Crippen LogP contribution is -2.19. The van der Waals surface area contributed by atoms with Crippen molar-refractivity contribution < 1.29 is 9.47 Å². The van der Waals surface area contributed by atoms with Gasteiger partial charge in [-0.05, 0) is 42.8 Å². The molecule has 0 bridgehead atoms. The van der Waals surface area contributed by atoms with Gasteiger partial charge >= 0.3 is 0 Å². The zero-order valence-corrected chi connectivity index (χ0v) is 14.0. The summed E-state index contributed by atoms with van der Waals surface area (Å²) >= 11 is 2.00. The molecule has 1 unspecified atom stereocenters. The Hall–Kier alpha value is -0.870. The van der Waals surface area contributed by atoms with E-state index in [1.165, 1.54) is 17.7 Å². The van der Waals surface area contributed by atoms with Gasteiger partial charge in [0.25, 0.3) is 0 Å². The SMILES string of the molecule is CNC(CSCCC(C)C)c1ccc(OC)c(OC)c1. The van der Waals surface area contributed by atoms with Crippen LogP contribution in [-0.4, -0.2) is 32.8 Å². The number of thioether (sulfide) groups is 1. The normalized spacial score (nSPS) is 12.5. The fraction of sp³-hybridized carbons (Fsp3) is 0.625. The average Bonchev–Trinajstić information content (AvgIpc) is 2.46. The van der Waals surface area contributed by atoms with Gasteiger partial charge in [0.15, 0.2) is 11.5 Å². The predicted molar refractivity (Wildman–Crippen MR) is 88.1 cm³/mol. The third-order valence-corrected chi connectivity index (χ3v) is 4.38. The summed E-state index contributed by atoms with van der Waals surface area (Å²) in [6, 6.07) is 6.47. The van der Waals surface area contributed by atoms with Crippen molar-refractivity contribution >= 4 is 11.8 Å². The third kappa shape index (κ3) is 5.25. The van der Waals surface area contributed by atoms with E-state index in [0.717, 1.165) is 23.2 Å². The van der Waals surface area contributed by atoms with Gasteiger partial charge in [-0.3, -0.25) is 0 Å². The van der Waals surface area contributed by atoms with E-state index in [1.54, 1.807) is 14.2 Å². The van der Waals surface area contributed by atoms with E-state index >= 15 is 0 Å². The molecule has 4 heteroatoms. The van der Waals surface area contributed by atoms with Gasteiger partial charge in [0, 0.05) is 11.8 Å². The van der Waals surface area contributed by atoms with E-state index in [9.17, 15) is 0 Å². The summed E-state index contributed by atoms with van der Waals surface area (Å²) in [4.78, 5) is 0. The molecule has 1 rings (SSSR count). The Kier molecular flexibility index (Phi) is 7.85. The number of benzene rings is 1. The summed E-state index contributed by atoms with van der Waals surface area (Å²) in [5.74, 6) is 4.62. The summed E-state index contributed by atoms with van der Waals surface area (Å²) in [5, 5.41) is 3.38. The van der Waals surface area contributed by atoms with Crippen molar-refractivity contribution in [3.63, 3.8) is 0 Å². The van der Waals surface area contributed by atoms with E-state index in [2.05, 4.69) is 31.3 Å². The standard InChI is InChI=1S/C16H27NO2S/c1-12(2)8-9-20-11-14(17-3)13-6-7-15(18-4)16(10-13)19-5/h6-7,10,12,14,17H,8-9,11H2,1-5H3. The van der Waals surface area contributed by atoms with Crippen LogP contribution < -0.4 is 14.8 Å². The van der Waals surface area contributed by atoms with Crippen LogP contribution in [-0.2, 0) is 0 Å². The molecule has 0 aliphatic heterocycles. The molecule has 0 aliphatic rings. The Labute approximate surface area is 127 Å². The molecule has 3 nitrogen and oxygen atoms in total. The molecule has 20 heavy (non-hydrogen) atoms. The maximum atomic E-state index is 5.37. The van der Waals surface area contributed by atoms with Crippen LogP contribution in [0.2, 0.25) is 0 Å². The van der Waals surface area contributed by atoms with Crippen LogP contribution in [0, 0.1) is 5.92 Å². The van der Waals surface area contributed by atoms with E-state index in [4.69, 9.17) is 9.47 Å². The number of hydrogen-bond acceptors (Lipinski definition) is 4. The van der Waals surface area contributed by atoms with Crippen molar-refractivity contribution in [2.75, 3.05) is 32.8 Å². The van der Waals surface area contributed by atoms with Crippen molar-refractivity contribution in [3.05, 3.63) is 23.8 Å². The number of rotatable bonds is 9. The van der Waals surface area contributed by atoms with Crippen LogP contribution in [0.3, 0.4) is 0 Å². The highest BCUT2D eigenvalue weighted by Crippen LogP contribution is 2.31. The van der Waals surface area contributed by atoms with Crippen molar-refractivity contribution in [3.8, 4) is 11.5 Å². The first-order valence-electron chi connectivity index (χ1n) is 7.09. The summed E-state index contributed by atoms with van der Waals surface area (Å²) < 4.78 is 10.6. The average molecular weight is 297 g/mol. The molecule has 0 aromatic heterocycles. The molecule has 0 radical (unpaired) electrons. The first-order chi connectivity index (χ1) is 9.62. The number of ether oxygens (including phenoxy) is 2.